The van der Waals surface area contributed by atoms with E-state index in [2.05, 4.69) is 10.5 Å². The number of nitrogens with one attached hydrogen (secondary N) is 1. The Kier molecular flexibility index (Phi) is 5.62. The van der Waals surface area contributed by atoms with Crippen molar-refractivity contribution in [2.45, 2.75) is 0 Å². The summed E-state index contributed by atoms with van der Waals surface area (Å²) in [7, 11) is 0. The molecule has 0 aliphatic rings. The summed E-state index contributed by atoms with van der Waals surface area (Å²) < 4.78 is 5.64. The Morgan fingerprint density at radius 2 is 1.37 bits per heavy atom. The predicted molar refractivity (Wildman–Crippen MR) is 117 cm³/mol. The Morgan fingerprint density at radius 3 is 2.10 bits per heavy atom. The Bertz CT molecular complexity index is 1220. The van der Waals surface area contributed by atoms with Crippen LogP contribution < -0.4 is 10.2 Å². The van der Waals surface area contributed by atoms with Crippen molar-refractivity contribution in [2.75, 3.05) is 0 Å². The summed E-state index contributed by atoms with van der Waals surface area (Å²) in [5, 5.41) is 5.91. The van der Waals surface area contributed by atoms with Gasteiger partial charge in [0.2, 0.25) is 0 Å². The fourth-order valence-corrected chi connectivity index (χ4v) is 3.04. The van der Waals surface area contributed by atoms with Crippen LogP contribution in [0.5, 0.6) is 5.75 Å². The van der Waals surface area contributed by atoms with Gasteiger partial charge in [-0.2, -0.15) is 5.10 Å². The van der Waals surface area contributed by atoms with Crippen molar-refractivity contribution in [3.05, 3.63) is 114 Å². The molecule has 1 amide bonds. The number of hydrogen-bond acceptors (Lipinski definition) is 4. The number of esters is 1. The minimum Gasteiger partial charge on any atom is -0.422 e. The van der Waals surface area contributed by atoms with Crippen LogP contribution in [0.1, 0.15) is 26.3 Å². The Labute approximate surface area is 173 Å². The van der Waals surface area contributed by atoms with Crippen LogP contribution in [0, 0.1) is 0 Å². The van der Waals surface area contributed by atoms with Crippen molar-refractivity contribution in [1.29, 1.82) is 0 Å². The Morgan fingerprint density at radius 1 is 0.733 bits per heavy atom. The highest BCUT2D eigenvalue weighted by molar-refractivity contribution is 6.04. The van der Waals surface area contributed by atoms with Crippen LogP contribution in [-0.2, 0) is 0 Å². The summed E-state index contributed by atoms with van der Waals surface area (Å²) >= 11 is 0. The molecule has 0 aromatic heterocycles. The van der Waals surface area contributed by atoms with E-state index in [1.807, 2.05) is 42.5 Å². The first kappa shape index (κ1) is 19.1. The topological polar surface area (TPSA) is 67.8 Å². The molecule has 4 aromatic rings. The van der Waals surface area contributed by atoms with E-state index >= 15 is 0 Å². The number of amides is 1. The second-order valence-electron chi connectivity index (χ2n) is 6.52. The van der Waals surface area contributed by atoms with Crippen molar-refractivity contribution < 1.29 is 14.3 Å². The predicted octanol–water partition coefficient (Wildman–Crippen LogP) is 4.82. The molecule has 30 heavy (non-hydrogen) atoms. The molecule has 0 heterocycles. The fourth-order valence-electron chi connectivity index (χ4n) is 3.04. The number of nitrogens with zero attached hydrogens (tertiary/aromatic N) is 1. The number of hydrogen-bond donors (Lipinski definition) is 1. The van der Waals surface area contributed by atoms with Crippen LogP contribution >= 0.6 is 0 Å². The lowest BCUT2D eigenvalue weighted by molar-refractivity contribution is 0.0734. The molecular weight excluding hydrogens is 376 g/mol. The molecule has 0 unspecified atom stereocenters. The molecule has 0 fully saturated rings. The van der Waals surface area contributed by atoms with Gasteiger partial charge >= 0.3 is 5.97 Å². The van der Waals surface area contributed by atoms with Gasteiger partial charge in [0.15, 0.2) is 0 Å². The lowest BCUT2D eigenvalue weighted by atomic mass is 10.0. The monoisotopic (exact) mass is 394 g/mol. The first-order chi connectivity index (χ1) is 14.7. The van der Waals surface area contributed by atoms with Crippen LogP contribution in [0.4, 0.5) is 0 Å². The molecule has 1 N–H and O–H groups in total. The van der Waals surface area contributed by atoms with E-state index in [9.17, 15) is 9.59 Å². The lowest BCUT2D eigenvalue weighted by Gasteiger charge is -2.10. The van der Waals surface area contributed by atoms with E-state index in [1.165, 1.54) is 6.21 Å². The number of carbonyl (C=O) groups excluding carboxylic acids is 2. The van der Waals surface area contributed by atoms with Gasteiger partial charge in [-0.15, -0.1) is 0 Å². The van der Waals surface area contributed by atoms with E-state index in [4.69, 9.17) is 4.74 Å². The second kappa shape index (κ2) is 8.84. The molecule has 0 saturated carbocycles. The number of ether oxygens (including phenoxy) is 1. The Hall–Kier alpha value is -4.25. The molecule has 0 aliphatic carbocycles. The van der Waals surface area contributed by atoms with Gasteiger partial charge in [-0.3, -0.25) is 4.79 Å². The molecule has 0 bridgehead atoms. The number of benzene rings is 4. The standard InChI is InChI=1S/C25H18N2O3/c28-24(19-10-3-1-4-11-19)27-26-17-22-21-14-8-7-9-18(21)15-16-23(22)30-25(29)20-12-5-2-6-13-20/h1-17H,(H,27,28)/b26-17+. The van der Waals surface area contributed by atoms with E-state index in [-0.39, 0.29) is 5.91 Å². The van der Waals surface area contributed by atoms with Crippen molar-refractivity contribution in [3.63, 3.8) is 0 Å². The molecule has 0 spiro atoms. The van der Waals surface area contributed by atoms with Crippen LogP contribution in [0.2, 0.25) is 0 Å². The first-order valence-electron chi connectivity index (χ1n) is 9.40. The zero-order valence-corrected chi connectivity index (χ0v) is 16.0. The van der Waals surface area contributed by atoms with E-state index in [0.29, 0.717) is 22.4 Å². The summed E-state index contributed by atoms with van der Waals surface area (Å²) in [6.45, 7) is 0. The number of fused-ring (bicyclic) bond motifs is 1. The quantitative estimate of drug-likeness (QED) is 0.228. The van der Waals surface area contributed by atoms with Crippen LogP contribution in [0.15, 0.2) is 102 Å². The molecule has 0 atom stereocenters. The van der Waals surface area contributed by atoms with E-state index in [0.717, 1.165) is 10.8 Å². The van der Waals surface area contributed by atoms with Gasteiger partial charge in [0.05, 0.1) is 11.8 Å². The number of hydrazone groups is 1. The van der Waals surface area contributed by atoms with Gasteiger partial charge in [-0.05, 0) is 41.1 Å². The maximum absolute atomic E-state index is 12.5. The lowest BCUT2D eigenvalue weighted by Crippen LogP contribution is -2.17. The van der Waals surface area contributed by atoms with Gasteiger partial charge < -0.3 is 4.74 Å². The molecule has 5 heteroatoms. The minimum atomic E-state index is -0.464. The van der Waals surface area contributed by atoms with Crippen LogP contribution in [0.25, 0.3) is 10.8 Å². The summed E-state index contributed by atoms with van der Waals surface area (Å²) in [4.78, 5) is 24.8. The third-order valence-electron chi connectivity index (χ3n) is 4.54. The van der Waals surface area contributed by atoms with Gasteiger partial charge in [-0.25, -0.2) is 10.2 Å². The molecule has 4 rings (SSSR count). The molecule has 5 nitrogen and oxygen atoms in total. The second-order valence-corrected chi connectivity index (χ2v) is 6.52. The molecule has 4 aromatic carbocycles. The highest BCUT2D eigenvalue weighted by atomic mass is 16.5. The SMILES string of the molecule is O=C(N/N=C/c1c(OC(=O)c2ccccc2)ccc2ccccc12)c1ccccc1. The highest BCUT2D eigenvalue weighted by Gasteiger charge is 2.13. The first-order valence-corrected chi connectivity index (χ1v) is 9.40. The summed E-state index contributed by atoms with van der Waals surface area (Å²) in [6, 6.07) is 28.9. The van der Waals surface area contributed by atoms with Crippen molar-refractivity contribution in [3.8, 4) is 5.75 Å². The van der Waals surface area contributed by atoms with Gasteiger partial charge in [0.25, 0.3) is 5.91 Å². The zero-order valence-electron chi connectivity index (χ0n) is 16.0. The zero-order chi connectivity index (χ0) is 20.8. The minimum absolute atomic E-state index is 0.324. The highest BCUT2D eigenvalue weighted by Crippen LogP contribution is 2.27. The fraction of sp³-hybridized carbons (Fsp3) is 0. The smallest absolute Gasteiger partial charge is 0.343 e. The largest absolute Gasteiger partial charge is 0.422 e. The van der Waals surface area contributed by atoms with Crippen molar-refractivity contribution in [1.82, 2.24) is 5.43 Å². The summed E-state index contributed by atoms with van der Waals surface area (Å²) in [5.74, 6) is -0.427. The molecular formula is C25H18N2O3. The number of carbonyl (C=O) groups is 2. The average Bonchev–Trinajstić information content (AvgIpc) is 2.81. The van der Waals surface area contributed by atoms with E-state index in [1.54, 1.807) is 54.6 Å². The molecule has 0 aliphatic heterocycles. The van der Waals surface area contributed by atoms with Gasteiger partial charge in [-0.1, -0.05) is 66.7 Å². The van der Waals surface area contributed by atoms with Crippen molar-refractivity contribution >= 4 is 28.9 Å². The summed E-state index contributed by atoms with van der Waals surface area (Å²) in [5.41, 5.74) is 4.07. The normalized spacial score (nSPS) is 10.8. The van der Waals surface area contributed by atoms with Crippen LogP contribution in [0.3, 0.4) is 0 Å². The molecule has 146 valence electrons. The third-order valence-corrected chi connectivity index (χ3v) is 4.54. The van der Waals surface area contributed by atoms with Crippen molar-refractivity contribution in [2.24, 2.45) is 5.10 Å². The Balaban J connectivity index is 1.64. The number of rotatable bonds is 5. The maximum Gasteiger partial charge on any atom is 0.343 e. The molecule has 0 radical (unpaired) electrons. The third kappa shape index (κ3) is 4.25. The van der Waals surface area contributed by atoms with Crippen LogP contribution in [-0.4, -0.2) is 18.1 Å². The van der Waals surface area contributed by atoms with Gasteiger partial charge in [0, 0.05) is 11.1 Å². The maximum atomic E-state index is 12.5. The van der Waals surface area contributed by atoms with E-state index < -0.39 is 5.97 Å². The molecule has 0 saturated heterocycles. The average molecular weight is 394 g/mol. The van der Waals surface area contributed by atoms with Gasteiger partial charge in [0.1, 0.15) is 5.75 Å². The summed E-state index contributed by atoms with van der Waals surface area (Å²) in [6.07, 6.45) is 1.50.